The van der Waals surface area contributed by atoms with E-state index in [-0.39, 0.29) is 5.54 Å². The van der Waals surface area contributed by atoms with E-state index in [0.717, 1.165) is 11.4 Å². The summed E-state index contributed by atoms with van der Waals surface area (Å²) in [6.45, 7) is 7.02. The van der Waals surface area contributed by atoms with Crippen LogP contribution < -0.4 is 10.6 Å². The van der Waals surface area contributed by atoms with E-state index in [9.17, 15) is 0 Å². The number of anilines is 1. The van der Waals surface area contributed by atoms with Crippen molar-refractivity contribution in [2.45, 2.75) is 32.9 Å². The lowest BCUT2D eigenvalue weighted by Gasteiger charge is -2.33. The molecule has 3 nitrogen and oxygen atoms in total. The Kier molecular flexibility index (Phi) is 3.11. The van der Waals surface area contributed by atoms with Gasteiger partial charge in [0.25, 0.3) is 0 Å². The van der Waals surface area contributed by atoms with E-state index in [1.54, 1.807) is 0 Å². The third-order valence-corrected chi connectivity index (χ3v) is 2.39. The number of nitrogens with two attached hydrogens (primary N) is 1. The van der Waals surface area contributed by atoms with Crippen LogP contribution in [-0.4, -0.2) is 17.6 Å². The molecule has 0 saturated heterocycles. The monoisotopic (exact) mass is 193 g/mol. The second-order valence-electron chi connectivity index (χ2n) is 4.46. The molecule has 0 spiro atoms. The normalized spacial score (nSPS) is 11.5. The average molecular weight is 193 g/mol. The molecule has 1 aromatic rings. The molecule has 78 valence electrons. The van der Waals surface area contributed by atoms with Gasteiger partial charge in [-0.1, -0.05) is 6.07 Å². The molecular weight excluding hydrogens is 174 g/mol. The maximum absolute atomic E-state index is 5.51. The van der Waals surface area contributed by atoms with Crippen molar-refractivity contribution in [1.29, 1.82) is 0 Å². The summed E-state index contributed by atoms with van der Waals surface area (Å²) in [5.41, 5.74) is 6.67. The first-order valence-electron chi connectivity index (χ1n) is 4.84. The molecule has 0 radical (unpaired) electrons. The van der Waals surface area contributed by atoms with Gasteiger partial charge in [-0.3, -0.25) is 0 Å². The Balaban J connectivity index is 2.87. The lowest BCUT2D eigenvalue weighted by Crippen LogP contribution is -2.38. The SMILES string of the molecule is CN(c1ccc(CN)cn1)C(C)(C)C. The lowest BCUT2D eigenvalue weighted by atomic mass is 10.1. The molecular formula is C11H19N3. The highest BCUT2D eigenvalue weighted by Gasteiger charge is 2.17. The van der Waals surface area contributed by atoms with Crippen molar-refractivity contribution in [3.05, 3.63) is 23.9 Å². The Labute approximate surface area is 85.9 Å². The van der Waals surface area contributed by atoms with Crippen LogP contribution in [0, 0.1) is 0 Å². The number of aromatic nitrogens is 1. The van der Waals surface area contributed by atoms with Crippen LogP contribution in [0.15, 0.2) is 18.3 Å². The van der Waals surface area contributed by atoms with Crippen LogP contribution in [0.2, 0.25) is 0 Å². The van der Waals surface area contributed by atoms with Crippen molar-refractivity contribution in [3.63, 3.8) is 0 Å². The fourth-order valence-corrected chi connectivity index (χ4v) is 1.08. The van der Waals surface area contributed by atoms with E-state index in [1.807, 2.05) is 25.4 Å². The predicted molar refractivity (Wildman–Crippen MR) is 60.3 cm³/mol. The summed E-state index contributed by atoms with van der Waals surface area (Å²) in [4.78, 5) is 6.51. The number of nitrogens with zero attached hydrogens (tertiary/aromatic N) is 2. The van der Waals surface area contributed by atoms with Gasteiger partial charge in [-0.25, -0.2) is 4.98 Å². The molecule has 0 aliphatic heterocycles. The van der Waals surface area contributed by atoms with Crippen molar-refractivity contribution in [2.75, 3.05) is 11.9 Å². The highest BCUT2D eigenvalue weighted by Crippen LogP contribution is 2.19. The fourth-order valence-electron chi connectivity index (χ4n) is 1.08. The van der Waals surface area contributed by atoms with Crippen LogP contribution in [0.5, 0.6) is 0 Å². The minimum Gasteiger partial charge on any atom is -0.355 e. The topological polar surface area (TPSA) is 42.1 Å². The summed E-state index contributed by atoms with van der Waals surface area (Å²) in [5.74, 6) is 0.981. The number of pyridine rings is 1. The summed E-state index contributed by atoms with van der Waals surface area (Å²) < 4.78 is 0. The Morgan fingerprint density at radius 2 is 2.00 bits per heavy atom. The molecule has 14 heavy (non-hydrogen) atoms. The van der Waals surface area contributed by atoms with Crippen molar-refractivity contribution in [2.24, 2.45) is 5.73 Å². The second-order valence-corrected chi connectivity index (χ2v) is 4.46. The highest BCUT2D eigenvalue weighted by molar-refractivity contribution is 5.40. The van der Waals surface area contributed by atoms with Gasteiger partial charge in [0.1, 0.15) is 5.82 Å². The number of rotatable bonds is 2. The van der Waals surface area contributed by atoms with Gasteiger partial charge in [-0.05, 0) is 32.4 Å². The maximum atomic E-state index is 5.51. The molecule has 1 aromatic heterocycles. The van der Waals surface area contributed by atoms with Gasteiger partial charge >= 0.3 is 0 Å². The van der Waals surface area contributed by atoms with Gasteiger partial charge in [-0.15, -0.1) is 0 Å². The van der Waals surface area contributed by atoms with E-state index < -0.39 is 0 Å². The Morgan fingerprint density at radius 1 is 1.36 bits per heavy atom. The minimum absolute atomic E-state index is 0.0945. The van der Waals surface area contributed by atoms with Crippen LogP contribution in [0.25, 0.3) is 0 Å². The van der Waals surface area contributed by atoms with Crippen molar-refractivity contribution >= 4 is 5.82 Å². The van der Waals surface area contributed by atoms with Gasteiger partial charge in [0.05, 0.1) is 0 Å². The largest absolute Gasteiger partial charge is 0.355 e. The van der Waals surface area contributed by atoms with Crippen molar-refractivity contribution in [1.82, 2.24) is 4.98 Å². The molecule has 0 fully saturated rings. The molecule has 0 aliphatic carbocycles. The van der Waals surface area contributed by atoms with Crippen LogP contribution in [0.4, 0.5) is 5.82 Å². The van der Waals surface area contributed by atoms with Crippen LogP contribution in [0.3, 0.4) is 0 Å². The molecule has 0 amide bonds. The van der Waals surface area contributed by atoms with Crippen LogP contribution in [0.1, 0.15) is 26.3 Å². The van der Waals surface area contributed by atoms with Gasteiger partial charge < -0.3 is 10.6 Å². The summed E-state index contributed by atoms with van der Waals surface area (Å²) in [5, 5.41) is 0. The Hall–Kier alpha value is -1.09. The fraction of sp³-hybridized carbons (Fsp3) is 0.545. The predicted octanol–water partition coefficient (Wildman–Crippen LogP) is 1.77. The quantitative estimate of drug-likeness (QED) is 0.778. The maximum Gasteiger partial charge on any atom is 0.128 e. The third-order valence-electron chi connectivity index (χ3n) is 2.39. The van der Waals surface area contributed by atoms with Crippen LogP contribution >= 0.6 is 0 Å². The minimum atomic E-state index is 0.0945. The molecule has 2 N–H and O–H groups in total. The highest BCUT2D eigenvalue weighted by atomic mass is 15.2. The van der Waals surface area contributed by atoms with E-state index in [2.05, 4.69) is 30.7 Å². The van der Waals surface area contributed by atoms with E-state index in [4.69, 9.17) is 5.73 Å². The summed E-state index contributed by atoms with van der Waals surface area (Å²) in [7, 11) is 2.05. The number of hydrogen-bond acceptors (Lipinski definition) is 3. The molecule has 1 rings (SSSR count). The number of hydrogen-bond donors (Lipinski definition) is 1. The zero-order valence-corrected chi connectivity index (χ0v) is 9.41. The van der Waals surface area contributed by atoms with Crippen molar-refractivity contribution in [3.8, 4) is 0 Å². The standard InChI is InChI=1S/C11H19N3/c1-11(2,3)14(4)10-6-5-9(7-12)8-13-10/h5-6,8H,7,12H2,1-4H3. The zero-order valence-electron chi connectivity index (χ0n) is 9.41. The van der Waals surface area contributed by atoms with Gasteiger partial charge in [0.2, 0.25) is 0 Å². The molecule has 0 unspecified atom stereocenters. The first kappa shape index (κ1) is 11.0. The Morgan fingerprint density at radius 3 is 2.36 bits per heavy atom. The van der Waals surface area contributed by atoms with Gasteiger partial charge in [0.15, 0.2) is 0 Å². The van der Waals surface area contributed by atoms with E-state index in [1.165, 1.54) is 0 Å². The lowest BCUT2D eigenvalue weighted by molar-refractivity contribution is 0.534. The van der Waals surface area contributed by atoms with Gasteiger partial charge in [-0.2, -0.15) is 0 Å². The first-order chi connectivity index (χ1) is 6.45. The molecule has 0 atom stereocenters. The molecule has 1 heterocycles. The van der Waals surface area contributed by atoms with Crippen molar-refractivity contribution < 1.29 is 0 Å². The molecule has 0 saturated carbocycles. The molecule has 0 aliphatic rings. The average Bonchev–Trinajstić information content (AvgIpc) is 2.15. The van der Waals surface area contributed by atoms with E-state index in [0.29, 0.717) is 6.54 Å². The summed E-state index contributed by atoms with van der Waals surface area (Å²) in [6.07, 6.45) is 1.83. The smallest absolute Gasteiger partial charge is 0.128 e. The summed E-state index contributed by atoms with van der Waals surface area (Å²) >= 11 is 0. The Bertz CT molecular complexity index is 284. The van der Waals surface area contributed by atoms with Crippen LogP contribution in [-0.2, 0) is 6.54 Å². The van der Waals surface area contributed by atoms with Gasteiger partial charge in [0, 0.05) is 25.3 Å². The summed E-state index contributed by atoms with van der Waals surface area (Å²) in [6, 6.07) is 4.03. The van der Waals surface area contributed by atoms with E-state index >= 15 is 0 Å². The third kappa shape index (κ3) is 2.45. The molecule has 3 heteroatoms. The zero-order chi connectivity index (χ0) is 10.8. The molecule has 0 aromatic carbocycles. The molecule has 0 bridgehead atoms. The first-order valence-corrected chi connectivity index (χ1v) is 4.84. The second kappa shape index (κ2) is 3.96.